The van der Waals surface area contributed by atoms with E-state index in [2.05, 4.69) is 20.0 Å². The van der Waals surface area contributed by atoms with Gasteiger partial charge in [-0.05, 0) is 48.9 Å². The number of benzene rings is 2. The van der Waals surface area contributed by atoms with Crippen LogP contribution in [0.2, 0.25) is 0 Å². The minimum absolute atomic E-state index is 0.0852. The number of ether oxygens (including phenoxy) is 3. The fourth-order valence-electron chi connectivity index (χ4n) is 4.01. The Bertz CT molecular complexity index is 1340. The van der Waals surface area contributed by atoms with E-state index in [-0.39, 0.29) is 6.61 Å². The fraction of sp³-hybridized carbons (Fsp3) is 0.292. The Labute approximate surface area is 190 Å². The van der Waals surface area contributed by atoms with E-state index >= 15 is 0 Å². The molecule has 33 heavy (non-hydrogen) atoms. The third-order valence-corrected chi connectivity index (χ3v) is 5.72. The van der Waals surface area contributed by atoms with Crippen molar-refractivity contribution < 1.29 is 19.0 Å². The summed E-state index contributed by atoms with van der Waals surface area (Å²) in [5, 5.41) is 7.33. The topological polar surface area (TPSA) is 92.4 Å². The van der Waals surface area contributed by atoms with Gasteiger partial charge < -0.3 is 18.8 Å². The first-order valence-electron chi connectivity index (χ1n) is 10.7. The van der Waals surface area contributed by atoms with Gasteiger partial charge in [-0.15, -0.1) is 0 Å². The van der Waals surface area contributed by atoms with Crippen LogP contribution >= 0.6 is 0 Å². The number of nitrogens with zero attached hydrogens (tertiary/aromatic N) is 4. The van der Waals surface area contributed by atoms with Crippen LogP contribution in [0.3, 0.4) is 0 Å². The van der Waals surface area contributed by atoms with Crippen molar-refractivity contribution in [1.29, 1.82) is 0 Å². The largest absolute Gasteiger partial charge is 0.496 e. The van der Waals surface area contributed by atoms with Gasteiger partial charge in [0.25, 0.3) is 0 Å². The van der Waals surface area contributed by atoms with Crippen molar-refractivity contribution in [3.05, 3.63) is 59.5 Å². The quantitative estimate of drug-likeness (QED) is 0.497. The van der Waals surface area contributed by atoms with Crippen molar-refractivity contribution in [2.75, 3.05) is 19.0 Å². The molecule has 0 aliphatic carbocycles. The highest BCUT2D eigenvalue weighted by molar-refractivity contribution is 5.89. The van der Waals surface area contributed by atoms with Gasteiger partial charge in [-0.1, -0.05) is 6.07 Å². The van der Waals surface area contributed by atoms with E-state index in [1.807, 2.05) is 56.4 Å². The third-order valence-electron chi connectivity index (χ3n) is 5.72. The molecule has 0 unspecified atom stereocenters. The summed E-state index contributed by atoms with van der Waals surface area (Å²) in [5.41, 5.74) is 5.98. The number of rotatable bonds is 5. The van der Waals surface area contributed by atoms with Crippen LogP contribution in [0.25, 0.3) is 22.3 Å². The zero-order valence-electron chi connectivity index (χ0n) is 18.8. The highest BCUT2D eigenvalue weighted by Gasteiger charge is 2.16. The molecule has 1 N–H and O–H groups in total. The number of hydrogen-bond acceptors (Lipinski definition) is 6. The first-order chi connectivity index (χ1) is 16.0. The molecule has 0 bridgehead atoms. The van der Waals surface area contributed by atoms with Crippen molar-refractivity contribution >= 4 is 22.8 Å². The molecule has 4 aromatic rings. The van der Waals surface area contributed by atoms with E-state index in [1.165, 1.54) is 0 Å². The number of aromatic nitrogens is 4. The van der Waals surface area contributed by atoms with Crippen molar-refractivity contribution in [2.24, 2.45) is 7.05 Å². The van der Waals surface area contributed by atoms with Crippen LogP contribution in [-0.4, -0.2) is 39.1 Å². The third kappa shape index (κ3) is 4.14. The number of anilines is 1. The Hall–Kier alpha value is -3.85. The monoisotopic (exact) mass is 447 g/mol. The van der Waals surface area contributed by atoms with E-state index < -0.39 is 6.09 Å². The molecule has 5 rings (SSSR count). The molecular formula is C24H25N5O4. The molecule has 170 valence electrons. The van der Waals surface area contributed by atoms with Gasteiger partial charge in [0.05, 0.1) is 36.1 Å². The van der Waals surface area contributed by atoms with Crippen LogP contribution in [0.15, 0.2) is 42.5 Å². The SMILES string of the molecule is COc1cc(C)ccc1-c1cc(COC(=O)Nc2ccc3c(c2)nc2n3CCOC2)n(C)n1. The standard InChI is InChI=1S/C24H25N5O4/c1-15-4-6-18(22(10-15)31-3)19-12-17(28(2)27-19)13-33-24(30)25-16-5-7-21-20(11-16)26-23-14-32-9-8-29(21)23/h4-7,10-12H,8-9,13-14H2,1-3H3,(H,25,30). The molecule has 9 heteroatoms. The lowest BCUT2D eigenvalue weighted by Gasteiger charge is -2.14. The molecular weight excluding hydrogens is 422 g/mol. The summed E-state index contributed by atoms with van der Waals surface area (Å²) >= 11 is 0. The van der Waals surface area contributed by atoms with E-state index in [4.69, 9.17) is 14.2 Å². The van der Waals surface area contributed by atoms with Gasteiger partial charge in [-0.25, -0.2) is 9.78 Å². The van der Waals surface area contributed by atoms with Gasteiger partial charge >= 0.3 is 6.09 Å². The predicted molar refractivity (Wildman–Crippen MR) is 123 cm³/mol. The highest BCUT2D eigenvalue weighted by Crippen LogP contribution is 2.30. The van der Waals surface area contributed by atoms with Crippen LogP contribution in [0.4, 0.5) is 10.5 Å². The maximum absolute atomic E-state index is 12.4. The van der Waals surface area contributed by atoms with Crippen LogP contribution in [0.1, 0.15) is 17.1 Å². The molecule has 0 atom stereocenters. The first-order valence-corrected chi connectivity index (χ1v) is 10.7. The van der Waals surface area contributed by atoms with Crippen molar-refractivity contribution in [3.63, 3.8) is 0 Å². The lowest BCUT2D eigenvalue weighted by molar-refractivity contribution is 0.0830. The first kappa shape index (κ1) is 21.0. The number of amides is 1. The molecule has 1 aliphatic rings. The second kappa shape index (κ2) is 8.59. The Morgan fingerprint density at radius 3 is 2.94 bits per heavy atom. The molecule has 2 aromatic carbocycles. The van der Waals surface area contributed by atoms with Gasteiger partial charge in [-0.3, -0.25) is 10.00 Å². The van der Waals surface area contributed by atoms with Gasteiger partial charge in [-0.2, -0.15) is 5.10 Å². The van der Waals surface area contributed by atoms with Crippen molar-refractivity contribution in [3.8, 4) is 17.0 Å². The second-order valence-corrected chi connectivity index (χ2v) is 7.99. The number of nitrogens with one attached hydrogen (secondary N) is 1. The summed E-state index contributed by atoms with van der Waals surface area (Å²) in [6, 6.07) is 13.5. The Morgan fingerprint density at radius 2 is 2.09 bits per heavy atom. The number of methoxy groups -OCH3 is 1. The zero-order chi connectivity index (χ0) is 22.9. The van der Waals surface area contributed by atoms with Crippen LogP contribution in [-0.2, 0) is 36.3 Å². The number of fused-ring (bicyclic) bond motifs is 3. The fourth-order valence-corrected chi connectivity index (χ4v) is 4.01. The molecule has 2 aromatic heterocycles. The highest BCUT2D eigenvalue weighted by atomic mass is 16.5. The lowest BCUT2D eigenvalue weighted by Crippen LogP contribution is -2.16. The molecule has 1 aliphatic heterocycles. The lowest BCUT2D eigenvalue weighted by atomic mass is 10.1. The summed E-state index contributed by atoms with van der Waals surface area (Å²) in [5.74, 6) is 1.65. The maximum atomic E-state index is 12.4. The van der Waals surface area contributed by atoms with Crippen LogP contribution < -0.4 is 10.1 Å². The minimum atomic E-state index is -0.544. The molecule has 1 amide bonds. The summed E-state index contributed by atoms with van der Waals surface area (Å²) in [4.78, 5) is 17.0. The minimum Gasteiger partial charge on any atom is -0.496 e. The van der Waals surface area contributed by atoms with Crippen LogP contribution in [0, 0.1) is 6.92 Å². The molecule has 0 saturated heterocycles. The predicted octanol–water partition coefficient (Wildman–Crippen LogP) is 4.03. The van der Waals surface area contributed by atoms with Gasteiger partial charge in [0.1, 0.15) is 24.8 Å². The zero-order valence-corrected chi connectivity index (χ0v) is 18.8. The van der Waals surface area contributed by atoms with Crippen molar-refractivity contribution in [1.82, 2.24) is 19.3 Å². The number of hydrogen-bond donors (Lipinski definition) is 1. The van der Waals surface area contributed by atoms with Gasteiger partial charge in [0.2, 0.25) is 0 Å². The summed E-state index contributed by atoms with van der Waals surface area (Å²) < 4.78 is 20.2. The van der Waals surface area contributed by atoms with Gasteiger partial charge in [0, 0.05) is 24.8 Å². The summed E-state index contributed by atoms with van der Waals surface area (Å²) in [6.45, 7) is 4.05. The molecule has 0 fully saturated rings. The maximum Gasteiger partial charge on any atom is 0.412 e. The Kier molecular flexibility index (Phi) is 5.47. The van der Waals surface area contributed by atoms with E-state index in [0.29, 0.717) is 18.9 Å². The summed E-state index contributed by atoms with van der Waals surface area (Å²) in [7, 11) is 3.46. The summed E-state index contributed by atoms with van der Waals surface area (Å²) in [6.07, 6.45) is -0.544. The molecule has 0 spiro atoms. The smallest absolute Gasteiger partial charge is 0.412 e. The molecule has 0 saturated carbocycles. The number of imidazole rings is 1. The number of carbonyl (C=O) groups is 1. The number of aryl methyl sites for hydroxylation is 2. The van der Waals surface area contributed by atoms with Gasteiger partial charge in [0.15, 0.2) is 0 Å². The molecule has 9 nitrogen and oxygen atoms in total. The van der Waals surface area contributed by atoms with E-state index in [9.17, 15) is 4.79 Å². The van der Waals surface area contributed by atoms with Crippen LogP contribution in [0.5, 0.6) is 5.75 Å². The molecule has 0 radical (unpaired) electrons. The molecule has 3 heterocycles. The van der Waals surface area contributed by atoms with E-state index in [1.54, 1.807) is 11.8 Å². The Morgan fingerprint density at radius 1 is 1.21 bits per heavy atom. The van der Waals surface area contributed by atoms with E-state index in [0.717, 1.165) is 51.7 Å². The Balaban J connectivity index is 1.26. The average Bonchev–Trinajstić information content (AvgIpc) is 3.37. The second-order valence-electron chi connectivity index (χ2n) is 7.99. The average molecular weight is 447 g/mol. The van der Waals surface area contributed by atoms with Crippen molar-refractivity contribution in [2.45, 2.75) is 26.7 Å². The number of carbonyl (C=O) groups excluding carboxylic acids is 1. The normalized spacial score (nSPS) is 13.1.